The van der Waals surface area contributed by atoms with E-state index in [0.717, 1.165) is 74.8 Å². The molecule has 0 unspecified atom stereocenters. The van der Waals surface area contributed by atoms with Crippen LogP contribution >= 0.6 is 0 Å². The average molecular weight is 1170 g/mol. The number of esters is 10. The Labute approximate surface area is 477 Å². The lowest BCUT2D eigenvalue weighted by atomic mass is 9.97. The van der Waals surface area contributed by atoms with Crippen LogP contribution in [0.5, 0.6) is 11.5 Å². The Hall–Kier alpha value is -8.58. The van der Waals surface area contributed by atoms with Crippen LogP contribution in [-0.4, -0.2) is 155 Å². The molecule has 24 nitrogen and oxygen atoms in total. The van der Waals surface area contributed by atoms with E-state index in [0.29, 0.717) is 17.1 Å². The highest BCUT2D eigenvalue weighted by Crippen LogP contribution is 2.25. The van der Waals surface area contributed by atoms with E-state index >= 15 is 0 Å². The van der Waals surface area contributed by atoms with Crippen molar-refractivity contribution in [3.63, 3.8) is 0 Å². The molecule has 82 heavy (non-hydrogen) atoms. The summed E-state index contributed by atoms with van der Waals surface area (Å²) in [5, 5.41) is 0. The molecular weight excluding hydrogens is 1100 g/mol. The minimum atomic E-state index is -1.57. The fraction of sp³-hybridized carbons (Fsp3) is 0.509. The lowest BCUT2D eigenvalue weighted by Gasteiger charge is -2.35. The number of Topliss-reactive ketones (excluding diaryl/α,β-unsaturated/α-hetero) is 2. The standard InChI is InChI=1S/C30H40O12Si.C27H32O12/c1-19(31)37-18-28(40-21(3)33)30(42-23(5)35)29(41-22(4)34)27(39-20(2)32)14-11-25(36)17-38-26-12-9-24(10-13-26)15-16-43(6,7)8;1-7-21-8-11-23(12-9-21)35-14-22(33)10-13-24(36-17(3)29)26(38-19(5)31)27(39-20(6)32)25(37-18(4)30)15-34-16(2)28/h9-10,12-13,27-30H,11,14,17-18H2,1-8H3;1,8-9,11-12,24-27H,10,13-15H2,2-6H3/t27-,28-,29+,30+;24-,25-,26+,27+/m11/s1. The van der Waals surface area contributed by atoms with E-state index in [2.05, 4.69) is 37.0 Å². The Kier molecular flexibility index (Phi) is 31.9. The van der Waals surface area contributed by atoms with Crippen molar-refractivity contribution in [3.8, 4) is 35.3 Å². The third kappa shape index (κ3) is 31.9. The summed E-state index contributed by atoms with van der Waals surface area (Å²) >= 11 is 0. The molecule has 0 N–H and O–H groups in total. The van der Waals surface area contributed by atoms with Gasteiger partial charge in [0.25, 0.3) is 0 Å². The molecular formula is C57H72O24Si. The molecule has 0 amide bonds. The van der Waals surface area contributed by atoms with Crippen LogP contribution < -0.4 is 9.47 Å². The van der Waals surface area contributed by atoms with E-state index in [1.54, 1.807) is 48.5 Å². The van der Waals surface area contributed by atoms with Crippen LogP contribution in [0, 0.1) is 23.8 Å². The van der Waals surface area contributed by atoms with Gasteiger partial charge in [-0.25, -0.2) is 0 Å². The number of carbonyl (C=O) groups excluding carboxylic acids is 12. The number of hydrogen-bond donors (Lipinski definition) is 0. The fourth-order valence-corrected chi connectivity index (χ4v) is 7.55. The van der Waals surface area contributed by atoms with Gasteiger partial charge in [-0.1, -0.05) is 31.5 Å². The quantitative estimate of drug-likeness (QED) is 0.0446. The zero-order chi connectivity index (χ0) is 62.3. The van der Waals surface area contributed by atoms with Gasteiger partial charge in [0.2, 0.25) is 0 Å². The molecule has 25 heteroatoms. The zero-order valence-corrected chi connectivity index (χ0v) is 49.3. The molecule has 0 heterocycles. The molecule has 0 aromatic heterocycles. The molecule has 0 aliphatic heterocycles. The van der Waals surface area contributed by atoms with Gasteiger partial charge in [0.15, 0.2) is 48.2 Å². The van der Waals surface area contributed by atoms with E-state index in [9.17, 15) is 57.5 Å². The minimum Gasteiger partial charge on any atom is -0.486 e. The first-order chi connectivity index (χ1) is 38.3. The van der Waals surface area contributed by atoms with Crippen LogP contribution in [0.3, 0.4) is 0 Å². The second-order valence-electron chi connectivity index (χ2n) is 18.9. The molecule has 0 aliphatic carbocycles. The van der Waals surface area contributed by atoms with Gasteiger partial charge in [-0.15, -0.1) is 12.0 Å². The Bertz CT molecular complexity index is 2640. The molecule has 0 saturated heterocycles. The van der Waals surface area contributed by atoms with Crippen LogP contribution in [0.2, 0.25) is 19.6 Å². The highest BCUT2D eigenvalue weighted by atomic mass is 28.3. The number of benzene rings is 2. The predicted octanol–water partition coefficient (Wildman–Crippen LogP) is 4.62. The van der Waals surface area contributed by atoms with Crippen molar-refractivity contribution in [3.05, 3.63) is 59.7 Å². The van der Waals surface area contributed by atoms with Crippen LogP contribution in [0.15, 0.2) is 48.5 Å². The molecule has 0 fully saturated rings. The summed E-state index contributed by atoms with van der Waals surface area (Å²) in [4.78, 5) is 144. The average Bonchev–Trinajstić information content (AvgIpc) is 3.37. The van der Waals surface area contributed by atoms with Crippen molar-refractivity contribution in [2.45, 2.75) is 163 Å². The zero-order valence-electron chi connectivity index (χ0n) is 48.3. The molecule has 2 aromatic carbocycles. The van der Waals surface area contributed by atoms with Gasteiger partial charge in [-0.05, 0) is 61.4 Å². The molecule has 0 spiro atoms. The lowest BCUT2D eigenvalue weighted by Crippen LogP contribution is -2.53. The maximum absolute atomic E-state index is 12.7. The molecule has 2 rings (SSSR count). The normalized spacial score (nSPS) is 13.4. The number of terminal acetylenes is 1. The summed E-state index contributed by atoms with van der Waals surface area (Å²) in [5.74, 6) is -2.40. The highest BCUT2D eigenvalue weighted by Gasteiger charge is 2.45. The number of hydrogen-bond acceptors (Lipinski definition) is 24. The Morgan fingerprint density at radius 3 is 0.951 bits per heavy atom. The molecule has 0 aliphatic rings. The van der Waals surface area contributed by atoms with Crippen molar-refractivity contribution in [2.24, 2.45) is 0 Å². The van der Waals surface area contributed by atoms with Crippen molar-refractivity contribution in [2.75, 3.05) is 26.4 Å². The van der Waals surface area contributed by atoms with E-state index in [1.807, 2.05) is 0 Å². The third-order valence-electron chi connectivity index (χ3n) is 10.2. The van der Waals surface area contributed by atoms with Crippen LogP contribution in [0.1, 0.15) is 106 Å². The second kappa shape index (κ2) is 36.6. The Morgan fingerprint density at radius 1 is 0.402 bits per heavy atom. The number of ketones is 2. The second-order valence-corrected chi connectivity index (χ2v) is 23.7. The summed E-state index contributed by atoms with van der Waals surface area (Å²) in [6.07, 6.45) is -7.19. The van der Waals surface area contributed by atoms with E-state index < -0.39 is 136 Å². The smallest absolute Gasteiger partial charge is 0.303 e. The lowest BCUT2D eigenvalue weighted by molar-refractivity contribution is -0.203. The predicted molar refractivity (Wildman–Crippen MR) is 288 cm³/mol. The van der Waals surface area contributed by atoms with Gasteiger partial charge in [-0.2, -0.15) is 0 Å². The Balaban J connectivity index is 0.000000824. The van der Waals surface area contributed by atoms with E-state index in [1.165, 1.54) is 0 Å². The van der Waals surface area contributed by atoms with E-state index in [4.69, 9.17) is 63.3 Å². The number of ether oxygens (including phenoxy) is 12. The molecule has 448 valence electrons. The van der Waals surface area contributed by atoms with E-state index in [-0.39, 0.29) is 44.7 Å². The molecule has 0 radical (unpaired) electrons. The van der Waals surface area contributed by atoms with Crippen molar-refractivity contribution >= 4 is 79.3 Å². The van der Waals surface area contributed by atoms with Gasteiger partial charge in [0.1, 0.15) is 58.2 Å². The summed E-state index contributed by atoms with van der Waals surface area (Å²) in [6.45, 7) is 15.4. The van der Waals surface area contributed by atoms with Gasteiger partial charge in [-0.3, -0.25) is 57.5 Å². The summed E-state index contributed by atoms with van der Waals surface area (Å²) < 4.78 is 63.4. The van der Waals surface area contributed by atoms with Crippen LogP contribution in [-0.2, 0) is 105 Å². The SMILES string of the molecule is C#Cc1ccc(OCC(=O)CC[C@@H](OC(C)=O)[C@H](OC(C)=O)[C@@H](OC(C)=O)[C@@H](COC(C)=O)OC(C)=O)cc1.CC(=O)OC[C@@H](OC(C)=O)[C@H](OC(C)=O)[C@@H](OC(C)=O)[C@@H](CCC(=O)COc1ccc(C#C[Si](C)(C)C)cc1)OC(C)=O. The number of carbonyl (C=O) groups is 12. The van der Waals surface area contributed by atoms with Gasteiger partial charge in [0, 0.05) is 93.2 Å². The first-order valence-electron chi connectivity index (χ1n) is 25.4. The molecule has 0 bridgehead atoms. The van der Waals surface area contributed by atoms with Gasteiger partial charge in [0.05, 0.1) is 0 Å². The van der Waals surface area contributed by atoms with Gasteiger partial charge < -0.3 is 56.8 Å². The van der Waals surface area contributed by atoms with Crippen LogP contribution in [0.25, 0.3) is 0 Å². The monoisotopic (exact) mass is 1170 g/mol. The topological polar surface area (TPSA) is 316 Å². The molecule has 2 aromatic rings. The first kappa shape index (κ1) is 71.4. The summed E-state index contributed by atoms with van der Waals surface area (Å²) in [7, 11) is -1.53. The first-order valence-corrected chi connectivity index (χ1v) is 28.9. The van der Waals surface area contributed by atoms with Crippen molar-refractivity contribution in [1.29, 1.82) is 0 Å². The maximum Gasteiger partial charge on any atom is 0.303 e. The van der Waals surface area contributed by atoms with Crippen molar-refractivity contribution in [1.82, 2.24) is 0 Å². The molecule has 0 saturated carbocycles. The summed E-state index contributed by atoms with van der Waals surface area (Å²) in [5.41, 5.74) is 4.73. The molecule has 8 atom stereocenters. The largest absolute Gasteiger partial charge is 0.486 e. The third-order valence-corrected chi connectivity index (χ3v) is 11.0. The van der Waals surface area contributed by atoms with Crippen molar-refractivity contribution < 1.29 is 114 Å². The fourth-order valence-electron chi connectivity index (χ4n) is 7.03. The minimum absolute atomic E-state index is 0.178. The number of rotatable bonds is 30. The summed E-state index contributed by atoms with van der Waals surface area (Å²) in [6, 6.07) is 13.5. The maximum atomic E-state index is 12.7. The Morgan fingerprint density at radius 2 is 0.683 bits per heavy atom. The highest BCUT2D eigenvalue weighted by molar-refractivity contribution is 6.83. The van der Waals surface area contributed by atoms with Crippen LogP contribution in [0.4, 0.5) is 0 Å². The van der Waals surface area contributed by atoms with Gasteiger partial charge >= 0.3 is 59.7 Å².